The molecule has 0 aliphatic heterocycles. The van der Waals surface area contributed by atoms with Gasteiger partial charge in [-0.15, -0.1) is 0 Å². The summed E-state index contributed by atoms with van der Waals surface area (Å²) in [5.41, 5.74) is 5.65. The molecule has 1 atom stereocenters. The highest BCUT2D eigenvalue weighted by Gasteiger charge is 2.13. The predicted octanol–water partition coefficient (Wildman–Crippen LogP) is 4.48. The van der Waals surface area contributed by atoms with E-state index in [4.69, 9.17) is 0 Å². The number of aromatic carboxylic acids is 1. The Kier molecular flexibility index (Phi) is 4.32. The maximum absolute atomic E-state index is 11.2. The maximum Gasteiger partial charge on any atom is 0.336 e. The summed E-state index contributed by atoms with van der Waals surface area (Å²) in [7, 11) is 0. The first kappa shape index (κ1) is 15.1. The lowest BCUT2D eigenvalue weighted by Gasteiger charge is -2.20. The molecular weight excluding hydrogens is 262 g/mol. The van der Waals surface area contributed by atoms with E-state index in [9.17, 15) is 9.90 Å². The van der Waals surface area contributed by atoms with Crippen molar-refractivity contribution in [2.24, 2.45) is 0 Å². The molecule has 2 rings (SSSR count). The van der Waals surface area contributed by atoms with Crippen LogP contribution in [-0.2, 0) is 0 Å². The fourth-order valence-corrected chi connectivity index (χ4v) is 2.56. The van der Waals surface area contributed by atoms with Crippen LogP contribution in [0.2, 0.25) is 0 Å². The standard InChI is InChI=1S/C18H21NO2/c1-11-8-9-12(2)16(10-11)14(4)19-17-7-5-6-15(13(17)3)18(20)21/h5-10,14,19H,1-4H3,(H,20,21). The Morgan fingerprint density at radius 3 is 2.52 bits per heavy atom. The summed E-state index contributed by atoms with van der Waals surface area (Å²) in [5.74, 6) is -0.893. The van der Waals surface area contributed by atoms with Crippen molar-refractivity contribution >= 4 is 11.7 Å². The molecule has 0 saturated heterocycles. The zero-order chi connectivity index (χ0) is 15.6. The van der Waals surface area contributed by atoms with Gasteiger partial charge >= 0.3 is 5.97 Å². The number of hydrogen-bond acceptors (Lipinski definition) is 2. The summed E-state index contributed by atoms with van der Waals surface area (Å²) >= 11 is 0. The van der Waals surface area contributed by atoms with Gasteiger partial charge in [0.15, 0.2) is 0 Å². The highest BCUT2D eigenvalue weighted by atomic mass is 16.4. The predicted molar refractivity (Wildman–Crippen MR) is 86.1 cm³/mol. The number of carboxylic acid groups (broad SMARTS) is 1. The van der Waals surface area contributed by atoms with Gasteiger partial charge in [0.2, 0.25) is 0 Å². The van der Waals surface area contributed by atoms with Crippen molar-refractivity contribution in [3.63, 3.8) is 0 Å². The van der Waals surface area contributed by atoms with Crippen molar-refractivity contribution in [1.29, 1.82) is 0 Å². The minimum Gasteiger partial charge on any atom is -0.478 e. The van der Waals surface area contributed by atoms with E-state index in [1.165, 1.54) is 16.7 Å². The van der Waals surface area contributed by atoms with Gasteiger partial charge in [-0.05, 0) is 56.5 Å². The lowest BCUT2D eigenvalue weighted by atomic mass is 9.99. The molecule has 21 heavy (non-hydrogen) atoms. The highest BCUT2D eigenvalue weighted by Crippen LogP contribution is 2.26. The van der Waals surface area contributed by atoms with E-state index in [2.05, 4.69) is 44.3 Å². The zero-order valence-corrected chi connectivity index (χ0v) is 12.9. The molecule has 0 bridgehead atoms. The summed E-state index contributed by atoms with van der Waals surface area (Å²) in [6, 6.07) is 11.8. The SMILES string of the molecule is Cc1ccc(C)c(C(C)Nc2cccc(C(=O)O)c2C)c1. The number of hydrogen-bond donors (Lipinski definition) is 2. The molecule has 0 fully saturated rings. The molecule has 0 aliphatic carbocycles. The molecule has 0 saturated carbocycles. The van der Waals surface area contributed by atoms with Gasteiger partial charge in [0.1, 0.15) is 0 Å². The minimum absolute atomic E-state index is 0.118. The summed E-state index contributed by atoms with van der Waals surface area (Å²) in [6.45, 7) is 8.09. The van der Waals surface area contributed by atoms with E-state index in [-0.39, 0.29) is 6.04 Å². The van der Waals surface area contributed by atoms with Crippen molar-refractivity contribution in [3.8, 4) is 0 Å². The number of nitrogens with one attached hydrogen (secondary N) is 1. The molecule has 3 nitrogen and oxygen atoms in total. The van der Waals surface area contributed by atoms with Gasteiger partial charge in [-0.2, -0.15) is 0 Å². The molecule has 3 heteroatoms. The molecule has 0 amide bonds. The largest absolute Gasteiger partial charge is 0.478 e. The van der Waals surface area contributed by atoms with E-state index in [1.807, 2.05) is 13.0 Å². The molecule has 0 heterocycles. The van der Waals surface area contributed by atoms with Crippen molar-refractivity contribution in [2.45, 2.75) is 33.7 Å². The smallest absolute Gasteiger partial charge is 0.336 e. The summed E-state index contributed by atoms with van der Waals surface area (Å²) in [6.07, 6.45) is 0. The first-order chi connectivity index (χ1) is 9.90. The Morgan fingerprint density at radius 1 is 1.14 bits per heavy atom. The molecule has 1 unspecified atom stereocenters. The van der Waals surface area contributed by atoms with Gasteiger partial charge in [0.05, 0.1) is 5.56 Å². The van der Waals surface area contributed by atoms with Crippen LogP contribution in [0.1, 0.15) is 45.6 Å². The monoisotopic (exact) mass is 283 g/mol. The van der Waals surface area contributed by atoms with Crippen molar-refractivity contribution < 1.29 is 9.90 Å². The maximum atomic E-state index is 11.2. The second-order valence-electron chi connectivity index (χ2n) is 5.51. The fraction of sp³-hybridized carbons (Fsp3) is 0.278. The molecule has 2 aromatic carbocycles. The van der Waals surface area contributed by atoms with E-state index in [1.54, 1.807) is 12.1 Å². The topological polar surface area (TPSA) is 49.3 Å². The number of aryl methyl sites for hydroxylation is 2. The van der Waals surface area contributed by atoms with Gasteiger partial charge in [-0.25, -0.2) is 4.79 Å². The highest BCUT2D eigenvalue weighted by molar-refractivity contribution is 5.91. The van der Waals surface area contributed by atoms with Crippen LogP contribution in [-0.4, -0.2) is 11.1 Å². The summed E-state index contributed by atoms with van der Waals surface area (Å²) in [4.78, 5) is 11.2. The second kappa shape index (κ2) is 6.00. The normalized spacial score (nSPS) is 12.0. The second-order valence-corrected chi connectivity index (χ2v) is 5.51. The molecule has 110 valence electrons. The summed E-state index contributed by atoms with van der Waals surface area (Å²) < 4.78 is 0. The first-order valence-electron chi connectivity index (χ1n) is 7.06. The van der Waals surface area contributed by atoms with Crippen LogP contribution >= 0.6 is 0 Å². The Balaban J connectivity index is 2.32. The number of benzene rings is 2. The number of carboxylic acids is 1. The van der Waals surface area contributed by atoms with Crippen LogP contribution in [0.4, 0.5) is 5.69 Å². The molecular formula is C18H21NO2. The van der Waals surface area contributed by atoms with Crippen LogP contribution < -0.4 is 5.32 Å². The van der Waals surface area contributed by atoms with Crippen molar-refractivity contribution in [1.82, 2.24) is 0 Å². The average molecular weight is 283 g/mol. The van der Waals surface area contributed by atoms with E-state index in [0.29, 0.717) is 5.56 Å². The molecule has 2 aromatic rings. The lowest BCUT2D eigenvalue weighted by molar-refractivity contribution is 0.0696. The first-order valence-corrected chi connectivity index (χ1v) is 7.06. The zero-order valence-electron chi connectivity index (χ0n) is 12.9. The fourth-order valence-electron chi connectivity index (χ4n) is 2.56. The summed E-state index contributed by atoms with van der Waals surface area (Å²) in [5, 5.41) is 12.6. The van der Waals surface area contributed by atoms with Gasteiger partial charge in [0.25, 0.3) is 0 Å². The average Bonchev–Trinajstić information content (AvgIpc) is 2.43. The Bertz CT molecular complexity index is 677. The van der Waals surface area contributed by atoms with Gasteiger partial charge in [0, 0.05) is 11.7 Å². The van der Waals surface area contributed by atoms with E-state index < -0.39 is 5.97 Å². The number of rotatable bonds is 4. The molecule has 0 spiro atoms. The van der Waals surface area contributed by atoms with Crippen molar-refractivity contribution in [2.75, 3.05) is 5.32 Å². The van der Waals surface area contributed by atoms with Gasteiger partial charge in [-0.3, -0.25) is 0 Å². The third kappa shape index (κ3) is 3.24. The minimum atomic E-state index is -0.893. The van der Waals surface area contributed by atoms with E-state index in [0.717, 1.165) is 11.3 Å². The Morgan fingerprint density at radius 2 is 1.86 bits per heavy atom. The van der Waals surface area contributed by atoms with Crippen molar-refractivity contribution in [3.05, 3.63) is 64.2 Å². The van der Waals surface area contributed by atoms with Gasteiger partial charge in [-0.1, -0.05) is 29.8 Å². The Hall–Kier alpha value is -2.29. The quantitative estimate of drug-likeness (QED) is 0.869. The van der Waals surface area contributed by atoms with Crippen LogP contribution in [0.3, 0.4) is 0 Å². The number of carbonyl (C=O) groups is 1. The number of anilines is 1. The molecule has 0 aliphatic rings. The lowest BCUT2D eigenvalue weighted by Crippen LogP contribution is -2.11. The third-order valence-corrected chi connectivity index (χ3v) is 3.84. The third-order valence-electron chi connectivity index (χ3n) is 3.84. The Labute approximate surface area is 125 Å². The molecule has 2 N–H and O–H groups in total. The van der Waals surface area contributed by atoms with Crippen LogP contribution in [0, 0.1) is 20.8 Å². The van der Waals surface area contributed by atoms with E-state index >= 15 is 0 Å². The van der Waals surface area contributed by atoms with Crippen LogP contribution in [0.15, 0.2) is 36.4 Å². The van der Waals surface area contributed by atoms with Gasteiger partial charge < -0.3 is 10.4 Å². The van der Waals surface area contributed by atoms with Crippen LogP contribution in [0.5, 0.6) is 0 Å². The van der Waals surface area contributed by atoms with Crippen LogP contribution in [0.25, 0.3) is 0 Å². The molecule has 0 aromatic heterocycles. The molecule has 0 radical (unpaired) electrons.